The maximum atomic E-state index is 13.1. The second-order valence-electron chi connectivity index (χ2n) is 3.78. The molecule has 0 fully saturated rings. The molecule has 3 N–H and O–H groups in total. The van der Waals surface area contributed by atoms with Gasteiger partial charge in [0.2, 0.25) is 0 Å². The van der Waals surface area contributed by atoms with Crippen molar-refractivity contribution in [1.82, 2.24) is 0 Å². The third-order valence-corrected chi connectivity index (χ3v) is 2.18. The summed E-state index contributed by atoms with van der Waals surface area (Å²) in [6, 6.07) is 0.0190. The zero-order valence-corrected chi connectivity index (χ0v) is 9.10. The largest absolute Gasteiger partial charge is 0.479 e. The van der Waals surface area contributed by atoms with Gasteiger partial charge in [0, 0.05) is 6.07 Å². The maximum absolute atomic E-state index is 13.1. The first kappa shape index (κ1) is 14.2. The highest BCUT2D eigenvalue weighted by Gasteiger charge is 2.31. The molecule has 0 aliphatic rings. The lowest BCUT2D eigenvalue weighted by Gasteiger charge is -2.19. The minimum absolute atomic E-state index is 0.0190. The highest BCUT2D eigenvalue weighted by Crippen LogP contribution is 2.24. The fourth-order valence-corrected chi connectivity index (χ4v) is 1.06. The van der Waals surface area contributed by atoms with Crippen molar-refractivity contribution < 1.29 is 32.6 Å². The lowest BCUT2D eigenvalue weighted by atomic mass is 10.1. The Morgan fingerprint density at radius 1 is 1.28 bits per heavy atom. The Bertz CT molecular complexity index is 464. The molecular formula is C10H9F4NO3. The van der Waals surface area contributed by atoms with E-state index in [1.54, 1.807) is 0 Å². The van der Waals surface area contributed by atoms with Crippen molar-refractivity contribution in [3.8, 4) is 0 Å². The molecule has 0 saturated carbocycles. The number of nitrogens with one attached hydrogen (secondary N) is 1. The SMILES string of the molecule is CC(O)(CNc1c(F)c(F)cc(F)c1F)C(=O)O. The first-order valence-corrected chi connectivity index (χ1v) is 4.69. The van der Waals surface area contributed by atoms with Crippen LogP contribution in [0.15, 0.2) is 6.07 Å². The predicted octanol–water partition coefficient (Wildman–Crippen LogP) is 1.49. The van der Waals surface area contributed by atoms with Gasteiger partial charge in [0.1, 0.15) is 5.69 Å². The van der Waals surface area contributed by atoms with E-state index in [1.807, 2.05) is 5.32 Å². The van der Waals surface area contributed by atoms with Gasteiger partial charge < -0.3 is 15.5 Å². The molecule has 0 aliphatic heterocycles. The standard InChI is InChI=1S/C10H9F4NO3/c1-10(18,9(16)17)3-15-8-6(13)4(11)2-5(12)7(8)14/h2,15,18H,3H2,1H3,(H,16,17). The van der Waals surface area contributed by atoms with Crippen LogP contribution in [0.4, 0.5) is 23.2 Å². The summed E-state index contributed by atoms with van der Waals surface area (Å²) in [5.41, 5.74) is -3.52. The number of aliphatic carboxylic acids is 1. The first-order valence-electron chi connectivity index (χ1n) is 4.69. The van der Waals surface area contributed by atoms with Crippen molar-refractivity contribution in [3.63, 3.8) is 0 Å². The van der Waals surface area contributed by atoms with Crippen LogP contribution in [-0.2, 0) is 4.79 Å². The Balaban J connectivity index is 3.02. The second-order valence-corrected chi connectivity index (χ2v) is 3.78. The third-order valence-electron chi connectivity index (χ3n) is 2.18. The van der Waals surface area contributed by atoms with E-state index in [0.29, 0.717) is 0 Å². The molecule has 0 amide bonds. The van der Waals surface area contributed by atoms with E-state index < -0.39 is 47.1 Å². The highest BCUT2D eigenvalue weighted by atomic mass is 19.2. The molecule has 0 radical (unpaired) electrons. The van der Waals surface area contributed by atoms with Crippen LogP contribution >= 0.6 is 0 Å². The van der Waals surface area contributed by atoms with E-state index in [0.717, 1.165) is 6.92 Å². The van der Waals surface area contributed by atoms with Crippen LogP contribution in [0.5, 0.6) is 0 Å². The zero-order valence-electron chi connectivity index (χ0n) is 9.10. The van der Waals surface area contributed by atoms with Crippen molar-refractivity contribution in [2.45, 2.75) is 12.5 Å². The summed E-state index contributed by atoms with van der Waals surface area (Å²) in [6.45, 7) is 0.0207. The summed E-state index contributed by atoms with van der Waals surface area (Å²) in [6.07, 6.45) is 0. The van der Waals surface area contributed by atoms with Gasteiger partial charge in [0.15, 0.2) is 28.9 Å². The van der Waals surface area contributed by atoms with Gasteiger partial charge in [-0.15, -0.1) is 0 Å². The molecule has 1 rings (SSSR count). The molecule has 0 aromatic heterocycles. The molecule has 0 spiro atoms. The molecule has 0 heterocycles. The summed E-state index contributed by atoms with van der Waals surface area (Å²) < 4.78 is 51.9. The van der Waals surface area contributed by atoms with Crippen molar-refractivity contribution in [2.75, 3.05) is 11.9 Å². The van der Waals surface area contributed by atoms with Crippen LogP contribution in [0.1, 0.15) is 6.92 Å². The van der Waals surface area contributed by atoms with E-state index >= 15 is 0 Å². The molecular weight excluding hydrogens is 258 g/mol. The van der Waals surface area contributed by atoms with Crippen LogP contribution < -0.4 is 5.32 Å². The number of carboxylic acids is 1. The summed E-state index contributed by atoms with van der Waals surface area (Å²) in [5.74, 6) is -8.32. The number of hydrogen-bond acceptors (Lipinski definition) is 3. The molecule has 1 atom stereocenters. The molecule has 0 aliphatic carbocycles. The number of halogens is 4. The Kier molecular flexibility index (Phi) is 3.80. The lowest BCUT2D eigenvalue weighted by molar-refractivity contribution is -0.155. The predicted molar refractivity (Wildman–Crippen MR) is 53.0 cm³/mol. The van der Waals surface area contributed by atoms with Gasteiger partial charge in [-0.25, -0.2) is 22.4 Å². The minimum Gasteiger partial charge on any atom is -0.479 e. The van der Waals surface area contributed by atoms with Crippen molar-refractivity contribution in [3.05, 3.63) is 29.3 Å². The summed E-state index contributed by atoms with van der Waals surface area (Å²) in [4.78, 5) is 10.5. The average Bonchev–Trinajstić information content (AvgIpc) is 2.26. The normalized spacial score (nSPS) is 14.1. The van der Waals surface area contributed by atoms with E-state index in [9.17, 15) is 27.5 Å². The molecule has 100 valence electrons. The van der Waals surface area contributed by atoms with Crippen LogP contribution in [0.3, 0.4) is 0 Å². The third kappa shape index (κ3) is 2.70. The smallest absolute Gasteiger partial charge is 0.337 e. The quantitative estimate of drug-likeness (QED) is 0.571. The maximum Gasteiger partial charge on any atom is 0.337 e. The molecule has 0 saturated heterocycles. The topological polar surface area (TPSA) is 69.6 Å². The minimum atomic E-state index is -2.35. The van der Waals surface area contributed by atoms with Crippen LogP contribution in [-0.4, -0.2) is 28.3 Å². The number of carboxylic acid groups (broad SMARTS) is 1. The Labute approximate surface area is 98.9 Å². The van der Waals surface area contributed by atoms with Crippen LogP contribution in [0.2, 0.25) is 0 Å². The number of carbonyl (C=O) groups is 1. The molecule has 1 unspecified atom stereocenters. The van der Waals surface area contributed by atoms with Crippen LogP contribution in [0, 0.1) is 23.3 Å². The number of hydrogen-bond donors (Lipinski definition) is 3. The summed E-state index contributed by atoms with van der Waals surface area (Å²) in [5, 5.41) is 19.6. The summed E-state index contributed by atoms with van der Waals surface area (Å²) in [7, 11) is 0. The van der Waals surface area contributed by atoms with Gasteiger partial charge in [-0.3, -0.25) is 0 Å². The van der Waals surface area contributed by atoms with E-state index in [-0.39, 0.29) is 6.07 Å². The Hall–Kier alpha value is -1.83. The van der Waals surface area contributed by atoms with E-state index in [1.165, 1.54) is 0 Å². The molecule has 8 heteroatoms. The van der Waals surface area contributed by atoms with Gasteiger partial charge in [0.25, 0.3) is 0 Å². The number of anilines is 1. The lowest BCUT2D eigenvalue weighted by Crippen LogP contribution is -2.42. The zero-order chi connectivity index (χ0) is 14.1. The fraction of sp³-hybridized carbons (Fsp3) is 0.300. The number of rotatable bonds is 4. The molecule has 18 heavy (non-hydrogen) atoms. The Morgan fingerprint density at radius 3 is 2.11 bits per heavy atom. The molecule has 1 aromatic rings. The van der Waals surface area contributed by atoms with E-state index in [4.69, 9.17) is 5.11 Å². The van der Waals surface area contributed by atoms with Crippen molar-refractivity contribution in [1.29, 1.82) is 0 Å². The van der Waals surface area contributed by atoms with Gasteiger partial charge in [-0.2, -0.15) is 0 Å². The van der Waals surface area contributed by atoms with Gasteiger partial charge in [-0.1, -0.05) is 0 Å². The average molecular weight is 267 g/mol. The molecule has 1 aromatic carbocycles. The first-order chi connectivity index (χ1) is 8.16. The highest BCUT2D eigenvalue weighted by molar-refractivity contribution is 5.77. The second kappa shape index (κ2) is 4.81. The van der Waals surface area contributed by atoms with Crippen LogP contribution in [0.25, 0.3) is 0 Å². The van der Waals surface area contributed by atoms with Gasteiger partial charge >= 0.3 is 5.97 Å². The van der Waals surface area contributed by atoms with E-state index in [2.05, 4.69) is 0 Å². The van der Waals surface area contributed by atoms with Gasteiger partial charge in [0.05, 0.1) is 6.54 Å². The number of aliphatic hydroxyl groups is 1. The number of benzene rings is 1. The van der Waals surface area contributed by atoms with Gasteiger partial charge in [-0.05, 0) is 6.92 Å². The summed E-state index contributed by atoms with van der Waals surface area (Å²) >= 11 is 0. The monoisotopic (exact) mass is 267 g/mol. The molecule has 4 nitrogen and oxygen atoms in total. The van der Waals surface area contributed by atoms with Crippen molar-refractivity contribution >= 4 is 11.7 Å². The molecule has 0 bridgehead atoms. The van der Waals surface area contributed by atoms with Crippen molar-refractivity contribution in [2.24, 2.45) is 0 Å². The Morgan fingerprint density at radius 2 is 1.72 bits per heavy atom. The fourth-order valence-electron chi connectivity index (χ4n) is 1.06.